The van der Waals surface area contributed by atoms with Crippen molar-refractivity contribution in [1.82, 2.24) is 4.90 Å². The zero-order chi connectivity index (χ0) is 17.9. The average Bonchev–Trinajstić information content (AvgIpc) is 2.53. The minimum absolute atomic E-state index is 0.000231. The number of ether oxygens (including phenoxy) is 3. The molecule has 2 unspecified atom stereocenters. The van der Waals surface area contributed by atoms with Gasteiger partial charge in [-0.2, -0.15) is 5.26 Å². The summed E-state index contributed by atoms with van der Waals surface area (Å²) in [4.78, 5) is 6.61. The van der Waals surface area contributed by atoms with Crippen LogP contribution in [0.1, 0.15) is 6.42 Å². The van der Waals surface area contributed by atoms with E-state index in [-0.39, 0.29) is 22.6 Å². The summed E-state index contributed by atoms with van der Waals surface area (Å²) in [5, 5.41) is 8.02. The van der Waals surface area contributed by atoms with Crippen LogP contribution in [-0.4, -0.2) is 67.1 Å². The molecule has 2 aliphatic heterocycles. The van der Waals surface area contributed by atoms with E-state index >= 15 is 0 Å². The van der Waals surface area contributed by atoms with Crippen LogP contribution in [0.5, 0.6) is 0 Å². The third kappa shape index (κ3) is 7.65. The van der Waals surface area contributed by atoms with Crippen LogP contribution in [0.25, 0.3) is 0 Å². The van der Waals surface area contributed by atoms with Crippen LogP contribution in [0.3, 0.4) is 0 Å². The normalized spacial score (nSPS) is 22.1. The van der Waals surface area contributed by atoms with Gasteiger partial charge in [0.1, 0.15) is 25.5 Å². The van der Waals surface area contributed by atoms with Gasteiger partial charge < -0.3 is 25.7 Å². The molecule has 8 nitrogen and oxygen atoms in total. The van der Waals surface area contributed by atoms with Gasteiger partial charge >= 0.3 is 0 Å². The summed E-state index contributed by atoms with van der Waals surface area (Å²) >= 11 is 9.00. The van der Waals surface area contributed by atoms with Gasteiger partial charge in [-0.1, -0.05) is 0 Å². The lowest BCUT2D eigenvalue weighted by Crippen LogP contribution is -2.48. The first kappa shape index (κ1) is 20.2. The van der Waals surface area contributed by atoms with Crippen LogP contribution >= 0.6 is 24.4 Å². The highest BCUT2D eigenvalue weighted by atomic mass is 32.1. The highest BCUT2D eigenvalue weighted by molar-refractivity contribution is 7.80. The molecule has 2 aliphatic rings. The smallest absolute Gasteiger partial charge is 0.254 e. The number of nitrogens with zero attached hydrogens (tertiary/aromatic N) is 3. The molecule has 0 spiro atoms. The van der Waals surface area contributed by atoms with E-state index in [0.29, 0.717) is 19.6 Å². The largest absolute Gasteiger partial charge is 0.470 e. The summed E-state index contributed by atoms with van der Waals surface area (Å²) in [5.41, 5.74) is 11.1. The van der Waals surface area contributed by atoms with E-state index in [1.54, 1.807) is 6.21 Å². The standard InChI is InChI=1S/C10H15N3O2S.C4H6N2OS/c1-13-2-3-14-8-4-7(5-12-9(8)13)6-15-10(11)16;5-2-1-3-7-4(6)8/h4-5,8-9H,2-3,6H2,1H3,(H2,11,16);1,3H2,(H2,6,8). The van der Waals surface area contributed by atoms with Crippen LogP contribution in [0.15, 0.2) is 16.6 Å². The summed E-state index contributed by atoms with van der Waals surface area (Å²) in [5.74, 6) is 0. The van der Waals surface area contributed by atoms with Gasteiger partial charge in [-0.05, 0) is 37.6 Å². The number of aliphatic imine (C=N–C) groups is 1. The molecule has 0 aliphatic carbocycles. The van der Waals surface area contributed by atoms with Gasteiger partial charge in [-0.25, -0.2) is 0 Å². The minimum atomic E-state index is 0.000231. The van der Waals surface area contributed by atoms with Crippen molar-refractivity contribution in [3.63, 3.8) is 0 Å². The average molecular weight is 371 g/mol. The maximum Gasteiger partial charge on any atom is 0.254 e. The third-order valence-corrected chi connectivity index (χ3v) is 3.35. The van der Waals surface area contributed by atoms with Gasteiger partial charge in [-0.15, -0.1) is 0 Å². The SMILES string of the molecule is CN1CCOC2C=C(COC(N)=S)C=NC21.N#CCCOC(N)=S. The Balaban J connectivity index is 0.000000307. The van der Waals surface area contributed by atoms with E-state index < -0.39 is 0 Å². The Bertz CT molecular complexity index is 547. The summed E-state index contributed by atoms with van der Waals surface area (Å²) in [7, 11) is 2.04. The number of hydrogen-bond acceptors (Lipinski definition) is 8. The molecule has 1 fully saturated rings. The Kier molecular flexibility index (Phi) is 9.18. The molecule has 132 valence electrons. The molecule has 1 saturated heterocycles. The predicted molar refractivity (Wildman–Crippen MR) is 98.4 cm³/mol. The molecule has 4 N–H and O–H groups in total. The van der Waals surface area contributed by atoms with Crippen LogP contribution in [0, 0.1) is 11.3 Å². The van der Waals surface area contributed by atoms with Crippen LogP contribution in [0.2, 0.25) is 0 Å². The van der Waals surface area contributed by atoms with Crippen molar-refractivity contribution >= 4 is 41.0 Å². The molecule has 0 aromatic carbocycles. The number of fused-ring (bicyclic) bond motifs is 1. The summed E-state index contributed by atoms with van der Waals surface area (Å²) in [6, 6.07) is 1.88. The molecular formula is C14H21N5O3S2. The van der Waals surface area contributed by atoms with Crippen molar-refractivity contribution in [2.75, 3.05) is 33.4 Å². The van der Waals surface area contributed by atoms with Gasteiger partial charge in [0.05, 0.1) is 19.1 Å². The number of nitrogens with two attached hydrogens (primary N) is 2. The monoisotopic (exact) mass is 371 g/mol. The first-order chi connectivity index (χ1) is 11.4. The molecule has 2 rings (SSSR count). The molecule has 0 amide bonds. The van der Waals surface area contributed by atoms with E-state index in [0.717, 1.165) is 18.7 Å². The quantitative estimate of drug-likeness (QED) is 0.523. The topological polar surface area (TPSA) is 119 Å². The molecule has 2 heterocycles. The van der Waals surface area contributed by atoms with Gasteiger partial charge in [-0.3, -0.25) is 9.89 Å². The molecule has 0 aromatic heterocycles. The Hall–Kier alpha value is -1.80. The zero-order valence-electron chi connectivity index (χ0n) is 13.4. The number of rotatable bonds is 4. The number of nitriles is 1. The molecule has 0 aromatic rings. The van der Waals surface area contributed by atoms with Crippen LogP contribution in [0.4, 0.5) is 0 Å². The molecular weight excluding hydrogens is 350 g/mol. The van der Waals surface area contributed by atoms with Crippen LogP contribution in [-0.2, 0) is 14.2 Å². The fraction of sp³-hybridized carbons (Fsp3) is 0.571. The van der Waals surface area contributed by atoms with Crippen molar-refractivity contribution < 1.29 is 14.2 Å². The molecule has 0 radical (unpaired) electrons. The number of morpholine rings is 1. The van der Waals surface area contributed by atoms with E-state index in [9.17, 15) is 0 Å². The Morgan fingerprint density at radius 2 is 2.17 bits per heavy atom. The lowest BCUT2D eigenvalue weighted by Gasteiger charge is -2.37. The summed E-state index contributed by atoms with van der Waals surface area (Å²) in [6.45, 7) is 2.29. The number of dihydropyridines is 1. The molecule has 0 bridgehead atoms. The number of hydrogen-bond donors (Lipinski definition) is 2. The van der Waals surface area contributed by atoms with E-state index in [4.69, 9.17) is 26.2 Å². The highest BCUT2D eigenvalue weighted by Gasteiger charge is 2.30. The summed E-state index contributed by atoms with van der Waals surface area (Å²) < 4.78 is 15.3. The molecule has 0 saturated carbocycles. The Morgan fingerprint density at radius 3 is 2.79 bits per heavy atom. The fourth-order valence-electron chi connectivity index (χ4n) is 2.00. The van der Waals surface area contributed by atoms with Crippen molar-refractivity contribution in [1.29, 1.82) is 5.26 Å². The van der Waals surface area contributed by atoms with Gasteiger partial charge in [0.15, 0.2) is 0 Å². The first-order valence-electron chi connectivity index (χ1n) is 7.21. The zero-order valence-corrected chi connectivity index (χ0v) is 15.0. The van der Waals surface area contributed by atoms with Crippen molar-refractivity contribution in [3.8, 4) is 6.07 Å². The van der Waals surface area contributed by atoms with Crippen LogP contribution < -0.4 is 11.5 Å². The second-order valence-electron chi connectivity index (χ2n) is 4.93. The van der Waals surface area contributed by atoms with Gasteiger partial charge in [0.25, 0.3) is 10.3 Å². The van der Waals surface area contributed by atoms with Gasteiger partial charge in [0, 0.05) is 18.3 Å². The Labute approximate surface area is 152 Å². The van der Waals surface area contributed by atoms with Crippen molar-refractivity contribution in [2.45, 2.75) is 18.7 Å². The number of thiocarbonyl (C=S) groups is 2. The maximum absolute atomic E-state index is 7.97. The molecule has 2 atom stereocenters. The van der Waals surface area contributed by atoms with E-state index in [1.165, 1.54) is 0 Å². The van der Waals surface area contributed by atoms with E-state index in [1.807, 2.05) is 19.2 Å². The molecule has 10 heteroatoms. The predicted octanol–water partition coefficient (Wildman–Crippen LogP) is 0.0744. The lowest BCUT2D eigenvalue weighted by molar-refractivity contribution is -0.0344. The van der Waals surface area contributed by atoms with Gasteiger partial charge in [0.2, 0.25) is 0 Å². The van der Waals surface area contributed by atoms with E-state index in [2.05, 4.69) is 39.1 Å². The second-order valence-corrected chi connectivity index (χ2v) is 5.74. The lowest BCUT2D eigenvalue weighted by atomic mass is 10.1. The highest BCUT2D eigenvalue weighted by Crippen LogP contribution is 2.19. The summed E-state index contributed by atoms with van der Waals surface area (Å²) in [6.07, 6.45) is 4.24. The minimum Gasteiger partial charge on any atom is -0.470 e. The number of likely N-dealkylation sites (N-methyl/N-ethyl adjacent to an activating group) is 1. The fourth-order valence-corrected chi connectivity index (χ4v) is 2.14. The third-order valence-electron chi connectivity index (χ3n) is 3.11. The molecule has 24 heavy (non-hydrogen) atoms. The Morgan fingerprint density at radius 1 is 1.46 bits per heavy atom. The van der Waals surface area contributed by atoms with Crippen molar-refractivity contribution in [3.05, 3.63) is 11.6 Å². The maximum atomic E-state index is 7.97. The second kappa shape index (κ2) is 10.9. The van der Waals surface area contributed by atoms with Crippen molar-refractivity contribution in [2.24, 2.45) is 16.5 Å². The first-order valence-corrected chi connectivity index (χ1v) is 8.02.